The maximum absolute atomic E-state index is 11.8. The van der Waals surface area contributed by atoms with Crippen molar-refractivity contribution in [1.29, 1.82) is 0 Å². The molecule has 0 bridgehead atoms. The van der Waals surface area contributed by atoms with Crippen molar-refractivity contribution in [3.63, 3.8) is 0 Å². The molecule has 1 aromatic rings. The van der Waals surface area contributed by atoms with Crippen molar-refractivity contribution in [3.8, 4) is 0 Å². The third kappa shape index (κ3) is 3.82. The third-order valence-electron chi connectivity index (χ3n) is 2.00. The van der Waals surface area contributed by atoms with Crippen molar-refractivity contribution in [3.05, 3.63) is 11.2 Å². The predicted octanol–water partition coefficient (Wildman–Crippen LogP) is 0.728. The zero-order valence-corrected chi connectivity index (χ0v) is 11.3. The molecule has 0 saturated carbocycles. The molecule has 0 aromatic carbocycles. The van der Waals surface area contributed by atoms with E-state index in [1.165, 1.54) is 17.5 Å². The van der Waals surface area contributed by atoms with Gasteiger partial charge in [0.1, 0.15) is 0 Å². The van der Waals surface area contributed by atoms with Gasteiger partial charge in [-0.3, -0.25) is 0 Å². The molecule has 0 aliphatic carbocycles. The minimum Gasteiger partial charge on any atom is -0.313 e. The average Bonchev–Trinajstić information content (AvgIpc) is 2.63. The second-order valence-electron chi connectivity index (χ2n) is 3.51. The van der Waals surface area contributed by atoms with E-state index in [2.05, 4.69) is 15.0 Å². The molecule has 1 heterocycles. The van der Waals surface area contributed by atoms with E-state index in [1.807, 2.05) is 13.8 Å². The number of thiazole rings is 1. The largest absolute Gasteiger partial charge is 0.313 e. The highest BCUT2D eigenvalue weighted by Gasteiger charge is 2.17. The summed E-state index contributed by atoms with van der Waals surface area (Å²) in [6.45, 7) is 6.90. The number of aryl methyl sites for hydroxylation is 1. The molecule has 0 saturated heterocycles. The molecule has 2 N–H and O–H groups in total. The van der Waals surface area contributed by atoms with E-state index >= 15 is 0 Å². The van der Waals surface area contributed by atoms with Crippen LogP contribution in [0.3, 0.4) is 0 Å². The number of rotatable bonds is 6. The molecule has 1 rings (SSSR count). The lowest BCUT2D eigenvalue weighted by Crippen LogP contribution is -2.38. The molecule has 0 radical (unpaired) electrons. The highest BCUT2D eigenvalue weighted by molar-refractivity contribution is 7.91. The lowest BCUT2D eigenvalue weighted by molar-refractivity contribution is 0.537. The number of nitrogens with one attached hydrogen (secondary N) is 2. The van der Waals surface area contributed by atoms with E-state index in [0.29, 0.717) is 6.54 Å². The Morgan fingerprint density at radius 2 is 2.25 bits per heavy atom. The van der Waals surface area contributed by atoms with Crippen LogP contribution in [-0.2, 0) is 10.0 Å². The van der Waals surface area contributed by atoms with Crippen LogP contribution in [0.1, 0.15) is 18.9 Å². The fraction of sp³-hybridized carbons (Fsp3) is 0.667. The summed E-state index contributed by atoms with van der Waals surface area (Å²) in [5.74, 6) is 0. The molecule has 0 fully saturated rings. The van der Waals surface area contributed by atoms with Gasteiger partial charge in [-0.25, -0.2) is 18.1 Å². The van der Waals surface area contributed by atoms with Gasteiger partial charge in [-0.2, -0.15) is 0 Å². The Hall–Kier alpha value is -0.500. The Balaban J connectivity index is 2.59. The average molecular weight is 263 g/mol. The Labute approximate surface area is 100 Å². The fourth-order valence-electron chi connectivity index (χ4n) is 1.19. The van der Waals surface area contributed by atoms with Crippen LogP contribution in [0.4, 0.5) is 0 Å². The van der Waals surface area contributed by atoms with Crippen LogP contribution in [0.15, 0.2) is 10.4 Å². The van der Waals surface area contributed by atoms with E-state index in [-0.39, 0.29) is 10.3 Å². The summed E-state index contributed by atoms with van der Waals surface area (Å²) in [4.78, 5) is 3.93. The van der Waals surface area contributed by atoms with Gasteiger partial charge in [-0.05, 0) is 20.4 Å². The Morgan fingerprint density at radius 3 is 2.75 bits per heavy atom. The molecule has 0 aliphatic heterocycles. The minimum atomic E-state index is -3.39. The molecule has 0 amide bonds. The lowest BCUT2D eigenvalue weighted by atomic mass is 10.3. The van der Waals surface area contributed by atoms with E-state index < -0.39 is 10.0 Å². The smallest absolute Gasteiger partial charge is 0.251 e. The molecular formula is C9H17N3O2S2. The molecular weight excluding hydrogens is 246 g/mol. The van der Waals surface area contributed by atoms with Gasteiger partial charge < -0.3 is 5.32 Å². The SMILES string of the molecule is CCN[C@H](C)CNS(=O)(=O)c1cnc(C)s1. The summed E-state index contributed by atoms with van der Waals surface area (Å²) in [5.41, 5.74) is 0. The van der Waals surface area contributed by atoms with Crippen LogP contribution >= 0.6 is 11.3 Å². The van der Waals surface area contributed by atoms with E-state index in [1.54, 1.807) is 6.92 Å². The quantitative estimate of drug-likeness (QED) is 0.793. The van der Waals surface area contributed by atoms with Gasteiger partial charge in [0.2, 0.25) is 0 Å². The van der Waals surface area contributed by atoms with E-state index in [0.717, 1.165) is 11.6 Å². The molecule has 0 spiro atoms. The van der Waals surface area contributed by atoms with Crippen molar-refractivity contribution in [2.24, 2.45) is 0 Å². The summed E-state index contributed by atoms with van der Waals surface area (Å²) in [6.07, 6.45) is 1.39. The highest BCUT2D eigenvalue weighted by atomic mass is 32.2. The van der Waals surface area contributed by atoms with Crippen molar-refractivity contribution < 1.29 is 8.42 Å². The molecule has 7 heteroatoms. The van der Waals surface area contributed by atoms with Gasteiger partial charge in [-0.15, -0.1) is 11.3 Å². The van der Waals surface area contributed by atoms with Gasteiger partial charge in [0.05, 0.1) is 11.2 Å². The second-order valence-corrected chi connectivity index (χ2v) is 6.74. The zero-order valence-electron chi connectivity index (χ0n) is 9.65. The normalized spacial score (nSPS) is 13.9. The molecule has 1 aromatic heterocycles. The summed E-state index contributed by atoms with van der Waals surface area (Å²) < 4.78 is 26.4. The number of aromatic nitrogens is 1. The standard InChI is InChI=1S/C9H17N3O2S2/c1-4-10-7(2)5-12-16(13,14)9-6-11-8(3)15-9/h6-7,10,12H,4-5H2,1-3H3/t7-/m1/s1. The number of nitrogens with zero attached hydrogens (tertiary/aromatic N) is 1. The summed E-state index contributed by atoms with van der Waals surface area (Å²) in [6, 6.07) is 0.119. The zero-order chi connectivity index (χ0) is 12.2. The lowest BCUT2D eigenvalue weighted by Gasteiger charge is -2.12. The maximum atomic E-state index is 11.8. The molecule has 1 atom stereocenters. The first-order valence-corrected chi connectivity index (χ1v) is 7.41. The Morgan fingerprint density at radius 1 is 1.56 bits per heavy atom. The molecule has 0 unspecified atom stereocenters. The Bertz CT molecular complexity index is 428. The van der Waals surface area contributed by atoms with Gasteiger partial charge >= 0.3 is 0 Å². The number of likely N-dealkylation sites (N-methyl/N-ethyl adjacent to an activating group) is 1. The van der Waals surface area contributed by atoms with E-state index in [9.17, 15) is 8.42 Å². The van der Waals surface area contributed by atoms with Crippen LogP contribution < -0.4 is 10.0 Å². The number of hydrogen-bond acceptors (Lipinski definition) is 5. The van der Waals surface area contributed by atoms with Crippen LogP contribution in [0.2, 0.25) is 0 Å². The van der Waals surface area contributed by atoms with Crippen molar-refractivity contribution in [2.45, 2.75) is 31.0 Å². The maximum Gasteiger partial charge on any atom is 0.251 e. The first kappa shape index (κ1) is 13.6. The second kappa shape index (κ2) is 5.72. The van der Waals surface area contributed by atoms with E-state index in [4.69, 9.17) is 0 Å². The minimum absolute atomic E-state index is 0.119. The first-order valence-electron chi connectivity index (χ1n) is 5.11. The molecule has 92 valence electrons. The first-order chi connectivity index (χ1) is 7.45. The monoisotopic (exact) mass is 263 g/mol. The molecule has 16 heavy (non-hydrogen) atoms. The molecule has 5 nitrogen and oxygen atoms in total. The number of sulfonamides is 1. The summed E-state index contributed by atoms with van der Waals surface area (Å²) >= 11 is 1.18. The predicted molar refractivity (Wildman–Crippen MR) is 65.2 cm³/mol. The fourth-order valence-corrected chi connectivity index (χ4v) is 3.48. The van der Waals surface area contributed by atoms with Crippen LogP contribution in [0.25, 0.3) is 0 Å². The summed E-state index contributed by atoms with van der Waals surface area (Å²) in [5, 5.41) is 3.89. The number of hydrogen-bond donors (Lipinski definition) is 2. The summed E-state index contributed by atoms with van der Waals surface area (Å²) in [7, 11) is -3.39. The van der Waals surface area contributed by atoms with Crippen molar-refractivity contribution in [2.75, 3.05) is 13.1 Å². The van der Waals surface area contributed by atoms with Gasteiger partial charge in [-0.1, -0.05) is 6.92 Å². The van der Waals surface area contributed by atoms with Gasteiger partial charge in [0.25, 0.3) is 10.0 Å². The topological polar surface area (TPSA) is 71.1 Å². The van der Waals surface area contributed by atoms with Crippen LogP contribution in [-0.4, -0.2) is 32.5 Å². The van der Waals surface area contributed by atoms with Crippen LogP contribution in [0, 0.1) is 6.92 Å². The Kier molecular flexibility index (Phi) is 4.85. The highest BCUT2D eigenvalue weighted by Crippen LogP contribution is 2.17. The van der Waals surface area contributed by atoms with Crippen molar-refractivity contribution >= 4 is 21.4 Å². The van der Waals surface area contributed by atoms with Gasteiger partial charge in [0, 0.05) is 12.6 Å². The van der Waals surface area contributed by atoms with Gasteiger partial charge in [0.15, 0.2) is 4.21 Å². The van der Waals surface area contributed by atoms with Crippen LogP contribution in [0.5, 0.6) is 0 Å². The molecule has 0 aliphatic rings. The van der Waals surface area contributed by atoms with Crippen molar-refractivity contribution in [1.82, 2.24) is 15.0 Å². The third-order valence-corrected chi connectivity index (χ3v) is 4.79.